The maximum absolute atomic E-state index is 14.8. The second-order valence-corrected chi connectivity index (χ2v) is 12.8. The van der Waals surface area contributed by atoms with Crippen LogP contribution in [0.25, 0.3) is 11.3 Å². The fourth-order valence-electron chi connectivity index (χ4n) is 5.99. The molecule has 2 aliphatic heterocycles. The van der Waals surface area contributed by atoms with Crippen LogP contribution in [0.1, 0.15) is 39.4 Å². The van der Waals surface area contributed by atoms with Crippen LogP contribution in [0.4, 0.5) is 14.5 Å². The summed E-state index contributed by atoms with van der Waals surface area (Å²) in [5.41, 5.74) is 0.128. The number of hydrogen-bond acceptors (Lipinski definition) is 9. The number of halogens is 2. The molecule has 3 heterocycles. The van der Waals surface area contributed by atoms with Crippen molar-refractivity contribution in [1.29, 1.82) is 5.26 Å². The number of amides is 3. The fourth-order valence-corrected chi connectivity index (χ4v) is 5.99. The Kier molecular flexibility index (Phi) is 11.6. The number of likely N-dealkylation sites (tertiary alicyclic amines) is 1. The molecule has 0 spiro atoms. The molecule has 0 radical (unpaired) electrons. The van der Waals surface area contributed by atoms with Gasteiger partial charge < -0.3 is 43.9 Å². The number of carboxylic acid groups (broad SMARTS) is 1. The molecular formula is C34H39F2N7O7. The second kappa shape index (κ2) is 15.4. The smallest absolute Gasteiger partial charge is 0.291 e. The maximum atomic E-state index is 14.8. The molecule has 16 heteroatoms. The predicted molar refractivity (Wildman–Crippen MR) is 173 cm³/mol. The number of ether oxygens (including phenoxy) is 1. The Bertz CT molecular complexity index is 1800. The van der Waals surface area contributed by atoms with Gasteiger partial charge in [-0.2, -0.15) is 9.65 Å². The number of anilines is 1. The Morgan fingerprint density at radius 1 is 1.10 bits per heavy atom. The second-order valence-electron chi connectivity index (χ2n) is 12.8. The molecule has 5 rings (SSSR count). The molecule has 1 aromatic heterocycles. The fraction of sp³-hybridized carbons (Fsp3) is 0.412. The van der Waals surface area contributed by atoms with Crippen molar-refractivity contribution in [2.45, 2.75) is 25.4 Å². The van der Waals surface area contributed by atoms with E-state index in [1.807, 2.05) is 0 Å². The highest BCUT2D eigenvalue weighted by atomic mass is 19.2. The number of aromatic nitrogens is 2. The van der Waals surface area contributed by atoms with Gasteiger partial charge in [0.05, 0.1) is 39.1 Å². The minimum Gasteiger partial charge on any atom is -0.554 e. The zero-order valence-electron chi connectivity index (χ0n) is 28.2. The van der Waals surface area contributed by atoms with Gasteiger partial charge in [0.25, 0.3) is 17.7 Å². The summed E-state index contributed by atoms with van der Waals surface area (Å²) in [5, 5.41) is 30.6. The van der Waals surface area contributed by atoms with E-state index in [9.17, 15) is 28.3 Å². The minimum absolute atomic E-state index is 0.0597. The van der Waals surface area contributed by atoms with Gasteiger partial charge in [0.15, 0.2) is 29.6 Å². The number of carbonyl (C=O) groups is 4. The summed E-state index contributed by atoms with van der Waals surface area (Å²) in [4.78, 5) is 55.3. The number of aliphatic hydroxyl groups is 1. The van der Waals surface area contributed by atoms with Crippen LogP contribution in [0.5, 0.6) is 5.75 Å². The van der Waals surface area contributed by atoms with Crippen molar-refractivity contribution in [3.05, 3.63) is 65.1 Å². The number of quaternary nitrogens is 1. The van der Waals surface area contributed by atoms with Gasteiger partial charge in [-0.1, -0.05) is 0 Å². The van der Waals surface area contributed by atoms with Crippen molar-refractivity contribution in [2.75, 3.05) is 65.3 Å². The van der Waals surface area contributed by atoms with Gasteiger partial charge in [0.1, 0.15) is 6.07 Å². The SMILES string of the molecule is Cc1cc(NC(=O)c2ncc(-c3ccc(OCC#N)c(F)c3F)n2C)ccc1C(=O)N1CCN(C(=O)C2(O)CC[N+](C)(C)CC2)CC1.O=C[O-]. The van der Waals surface area contributed by atoms with Crippen molar-refractivity contribution < 1.29 is 47.4 Å². The lowest BCUT2D eigenvalue weighted by Gasteiger charge is -2.44. The van der Waals surface area contributed by atoms with E-state index >= 15 is 0 Å². The molecule has 2 saturated heterocycles. The number of imidazole rings is 1. The minimum atomic E-state index is -1.36. The summed E-state index contributed by atoms with van der Waals surface area (Å²) >= 11 is 0. The summed E-state index contributed by atoms with van der Waals surface area (Å²) in [6, 6.07) is 9.03. The topological polar surface area (TPSA) is 181 Å². The van der Waals surface area contributed by atoms with E-state index in [4.69, 9.17) is 19.9 Å². The van der Waals surface area contributed by atoms with E-state index in [0.29, 0.717) is 55.8 Å². The average molecular weight is 696 g/mol. The normalized spacial score (nSPS) is 16.4. The van der Waals surface area contributed by atoms with Crippen LogP contribution in [0.15, 0.2) is 36.5 Å². The monoisotopic (exact) mass is 695 g/mol. The van der Waals surface area contributed by atoms with Crippen LogP contribution in [0.2, 0.25) is 0 Å². The molecule has 266 valence electrons. The number of hydrogen-bond donors (Lipinski definition) is 2. The Hall–Kier alpha value is -5.40. The van der Waals surface area contributed by atoms with Crippen LogP contribution < -0.4 is 15.2 Å². The molecule has 0 atom stereocenters. The van der Waals surface area contributed by atoms with Crippen molar-refractivity contribution in [3.63, 3.8) is 0 Å². The third kappa shape index (κ3) is 8.07. The number of nitriles is 1. The number of benzene rings is 2. The lowest BCUT2D eigenvalue weighted by molar-refractivity contribution is -0.897. The molecular weight excluding hydrogens is 656 g/mol. The summed E-state index contributed by atoms with van der Waals surface area (Å²) in [7, 11) is 5.66. The van der Waals surface area contributed by atoms with Gasteiger partial charge >= 0.3 is 0 Å². The van der Waals surface area contributed by atoms with Crippen LogP contribution >= 0.6 is 0 Å². The van der Waals surface area contributed by atoms with Crippen molar-refractivity contribution in [1.82, 2.24) is 19.4 Å². The molecule has 0 unspecified atom stereocenters. The zero-order valence-corrected chi connectivity index (χ0v) is 28.2. The van der Waals surface area contributed by atoms with Gasteiger partial charge in [-0.15, -0.1) is 0 Å². The number of piperazine rings is 1. The van der Waals surface area contributed by atoms with Crippen molar-refractivity contribution >= 4 is 29.9 Å². The van der Waals surface area contributed by atoms with Crippen LogP contribution in [0.3, 0.4) is 0 Å². The molecule has 2 fully saturated rings. The quantitative estimate of drug-likeness (QED) is 0.270. The highest BCUT2D eigenvalue weighted by molar-refractivity contribution is 6.03. The van der Waals surface area contributed by atoms with E-state index < -0.39 is 42.0 Å². The highest BCUT2D eigenvalue weighted by Crippen LogP contribution is 2.31. The summed E-state index contributed by atoms with van der Waals surface area (Å²) in [5.74, 6) is -3.99. The Balaban J connectivity index is 0.00000181. The molecule has 2 aliphatic rings. The predicted octanol–water partition coefficient (Wildman–Crippen LogP) is 1.08. The Morgan fingerprint density at radius 3 is 2.32 bits per heavy atom. The van der Waals surface area contributed by atoms with E-state index in [0.717, 1.165) is 17.6 Å². The van der Waals surface area contributed by atoms with Crippen molar-refractivity contribution in [2.24, 2.45) is 7.05 Å². The number of piperidine rings is 1. The van der Waals surface area contributed by atoms with E-state index in [1.54, 1.807) is 41.0 Å². The first-order chi connectivity index (χ1) is 23.7. The number of nitrogens with zero attached hydrogens (tertiary/aromatic N) is 6. The van der Waals surface area contributed by atoms with Gasteiger partial charge in [0, 0.05) is 69.4 Å². The summed E-state index contributed by atoms with van der Waals surface area (Å²) in [6.07, 6.45) is 2.07. The molecule has 3 aromatic rings. The third-order valence-corrected chi connectivity index (χ3v) is 9.03. The van der Waals surface area contributed by atoms with Crippen LogP contribution in [-0.2, 0) is 16.6 Å². The standard InChI is InChI=1S/C33H37F2N7O5.CH2O2/c1-21-19-22(38-30(43)29-37-20-25(39(29)2)24-7-8-26(47-18-11-36)28(35)27(24)34)5-6-23(21)31(44)40-12-14-41(15-13-40)32(45)33(46)9-16-42(3,4)17-10-33;2-1-3/h5-8,19-20,46H,9-10,12-18H2,1-4H3;1H,(H,2,3). The van der Waals surface area contributed by atoms with E-state index in [1.165, 1.54) is 29.9 Å². The van der Waals surface area contributed by atoms with E-state index in [2.05, 4.69) is 24.4 Å². The molecule has 0 aliphatic carbocycles. The molecule has 0 saturated carbocycles. The molecule has 2 aromatic carbocycles. The van der Waals surface area contributed by atoms with E-state index in [-0.39, 0.29) is 28.9 Å². The molecule has 0 bridgehead atoms. The summed E-state index contributed by atoms with van der Waals surface area (Å²) < 4.78 is 36.3. The first kappa shape index (κ1) is 37.4. The largest absolute Gasteiger partial charge is 0.554 e. The number of carbonyl (C=O) groups excluding carboxylic acids is 4. The Morgan fingerprint density at radius 2 is 1.72 bits per heavy atom. The zero-order chi connectivity index (χ0) is 36.8. The Labute approximate surface area is 287 Å². The number of rotatable bonds is 7. The van der Waals surface area contributed by atoms with Crippen LogP contribution in [0, 0.1) is 29.9 Å². The third-order valence-electron chi connectivity index (χ3n) is 9.03. The van der Waals surface area contributed by atoms with Gasteiger partial charge in [-0.05, 0) is 42.8 Å². The molecule has 3 amide bonds. The van der Waals surface area contributed by atoms with Crippen molar-refractivity contribution in [3.8, 4) is 23.1 Å². The average Bonchev–Trinajstić information content (AvgIpc) is 3.47. The van der Waals surface area contributed by atoms with Gasteiger partial charge in [-0.25, -0.2) is 9.37 Å². The first-order valence-electron chi connectivity index (χ1n) is 15.8. The summed E-state index contributed by atoms with van der Waals surface area (Å²) in [6.45, 7) is 3.58. The highest BCUT2D eigenvalue weighted by Gasteiger charge is 2.45. The first-order valence-corrected chi connectivity index (χ1v) is 15.8. The lowest BCUT2D eigenvalue weighted by Crippen LogP contribution is -2.61. The van der Waals surface area contributed by atoms with Gasteiger partial charge in [-0.3, -0.25) is 14.4 Å². The number of nitrogens with one attached hydrogen (secondary N) is 1. The lowest BCUT2D eigenvalue weighted by atomic mass is 9.88. The molecule has 2 N–H and O–H groups in total. The molecule has 14 nitrogen and oxygen atoms in total. The van der Waals surface area contributed by atoms with Gasteiger partial charge in [0.2, 0.25) is 5.82 Å². The maximum Gasteiger partial charge on any atom is 0.291 e. The molecule has 50 heavy (non-hydrogen) atoms. The van der Waals surface area contributed by atoms with Crippen LogP contribution in [-0.4, -0.2) is 119 Å². The number of aryl methyl sites for hydroxylation is 1.